The van der Waals surface area contributed by atoms with E-state index in [-0.39, 0.29) is 12.1 Å². The second kappa shape index (κ2) is 4.33. The maximum atomic E-state index is 11.4. The molecule has 13 heavy (non-hydrogen) atoms. The zero-order valence-electron chi connectivity index (χ0n) is 7.65. The molecule has 0 bridgehead atoms. The molecule has 0 amide bonds. The van der Waals surface area contributed by atoms with E-state index in [9.17, 15) is 4.79 Å². The molecule has 0 aliphatic carbocycles. The van der Waals surface area contributed by atoms with Gasteiger partial charge in [0.05, 0.1) is 11.7 Å². The quantitative estimate of drug-likeness (QED) is 0.581. The first-order valence-corrected chi connectivity index (χ1v) is 4.55. The Morgan fingerprint density at radius 3 is 2.54 bits per heavy atom. The van der Waals surface area contributed by atoms with Gasteiger partial charge in [0.1, 0.15) is 0 Å². The fourth-order valence-corrected chi connectivity index (χ4v) is 1.18. The van der Waals surface area contributed by atoms with Crippen LogP contribution in [0.5, 0.6) is 0 Å². The summed E-state index contributed by atoms with van der Waals surface area (Å²) >= 11 is 4.16. The predicted molar refractivity (Wildman–Crippen MR) is 54.2 cm³/mol. The fraction of sp³-hybridized carbons (Fsp3) is 0.300. The lowest BCUT2D eigenvalue weighted by molar-refractivity contribution is 0.0374. The van der Waals surface area contributed by atoms with Gasteiger partial charge < -0.3 is 4.74 Å². The summed E-state index contributed by atoms with van der Waals surface area (Å²) in [6, 6.07) is 7.08. The van der Waals surface area contributed by atoms with Crippen LogP contribution >= 0.6 is 12.6 Å². The summed E-state index contributed by atoms with van der Waals surface area (Å²) < 4.78 is 5.03. The van der Waals surface area contributed by atoms with Crippen LogP contribution in [0.2, 0.25) is 0 Å². The third-order valence-electron chi connectivity index (χ3n) is 1.47. The van der Waals surface area contributed by atoms with E-state index in [1.165, 1.54) is 0 Å². The lowest BCUT2D eigenvalue weighted by Crippen LogP contribution is -2.11. The van der Waals surface area contributed by atoms with Crippen LogP contribution in [0.3, 0.4) is 0 Å². The van der Waals surface area contributed by atoms with Gasteiger partial charge in [-0.25, -0.2) is 4.79 Å². The number of ether oxygens (including phenoxy) is 1. The van der Waals surface area contributed by atoms with E-state index in [0.29, 0.717) is 10.5 Å². The number of rotatable bonds is 2. The normalized spacial score (nSPS) is 10.2. The average molecular weight is 196 g/mol. The Morgan fingerprint density at radius 1 is 1.38 bits per heavy atom. The summed E-state index contributed by atoms with van der Waals surface area (Å²) in [7, 11) is 0. The van der Waals surface area contributed by atoms with E-state index in [2.05, 4.69) is 12.6 Å². The minimum Gasteiger partial charge on any atom is -0.459 e. The molecule has 0 heterocycles. The van der Waals surface area contributed by atoms with Gasteiger partial charge in [-0.15, -0.1) is 12.6 Å². The fourth-order valence-electron chi connectivity index (χ4n) is 0.924. The molecule has 0 aliphatic rings. The van der Waals surface area contributed by atoms with Gasteiger partial charge >= 0.3 is 5.97 Å². The van der Waals surface area contributed by atoms with E-state index < -0.39 is 0 Å². The highest BCUT2D eigenvalue weighted by atomic mass is 32.1. The Balaban J connectivity index is 2.83. The highest BCUT2D eigenvalue weighted by Crippen LogP contribution is 2.14. The number of thiol groups is 1. The number of benzene rings is 1. The largest absolute Gasteiger partial charge is 0.459 e. The number of carbonyl (C=O) groups excluding carboxylic acids is 1. The van der Waals surface area contributed by atoms with Gasteiger partial charge in [0, 0.05) is 4.90 Å². The van der Waals surface area contributed by atoms with Gasteiger partial charge in [-0.2, -0.15) is 0 Å². The molecule has 0 unspecified atom stereocenters. The lowest BCUT2D eigenvalue weighted by atomic mass is 10.2. The molecule has 0 fully saturated rings. The molecular formula is C10H12O2S. The van der Waals surface area contributed by atoms with Crippen molar-refractivity contribution < 1.29 is 9.53 Å². The predicted octanol–water partition coefficient (Wildman–Crippen LogP) is 2.54. The summed E-state index contributed by atoms with van der Waals surface area (Å²) in [5, 5.41) is 0. The highest BCUT2D eigenvalue weighted by molar-refractivity contribution is 7.80. The molecule has 0 radical (unpaired) electrons. The van der Waals surface area contributed by atoms with Crippen molar-refractivity contribution in [2.45, 2.75) is 24.8 Å². The first kappa shape index (κ1) is 10.1. The standard InChI is InChI=1S/C10H12O2S/c1-7(2)12-10(11)8-5-3-4-6-9(8)13/h3-7,13H,1-2H3. The summed E-state index contributed by atoms with van der Waals surface area (Å²) in [5.74, 6) is -0.319. The van der Waals surface area contributed by atoms with Crippen LogP contribution < -0.4 is 0 Å². The monoisotopic (exact) mass is 196 g/mol. The number of carbonyl (C=O) groups is 1. The summed E-state index contributed by atoms with van der Waals surface area (Å²) in [6.45, 7) is 3.64. The van der Waals surface area contributed by atoms with Crippen LogP contribution in [0.15, 0.2) is 29.2 Å². The van der Waals surface area contributed by atoms with Crippen molar-refractivity contribution in [1.29, 1.82) is 0 Å². The number of hydrogen-bond donors (Lipinski definition) is 1. The zero-order chi connectivity index (χ0) is 9.84. The van der Waals surface area contributed by atoms with Crippen molar-refractivity contribution in [3.63, 3.8) is 0 Å². The van der Waals surface area contributed by atoms with Crippen molar-refractivity contribution >= 4 is 18.6 Å². The molecule has 0 aromatic heterocycles. The minimum absolute atomic E-state index is 0.0968. The maximum Gasteiger partial charge on any atom is 0.339 e. The third kappa shape index (κ3) is 2.77. The number of esters is 1. The Bertz CT molecular complexity index is 308. The van der Waals surface area contributed by atoms with Crippen molar-refractivity contribution in [2.75, 3.05) is 0 Å². The molecule has 70 valence electrons. The molecule has 0 saturated heterocycles. The molecule has 0 N–H and O–H groups in total. The van der Waals surface area contributed by atoms with Gasteiger partial charge in [0.15, 0.2) is 0 Å². The topological polar surface area (TPSA) is 26.3 Å². The van der Waals surface area contributed by atoms with E-state index in [0.717, 1.165) is 0 Å². The van der Waals surface area contributed by atoms with Crippen LogP contribution in [0.1, 0.15) is 24.2 Å². The zero-order valence-corrected chi connectivity index (χ0v) is 8.54. The van der Waals surface area contributed by atoms with Crippen LogP contribution in [0, 0.1) is 0 Å². The van der Waals surface area contributed by atoms with Crippen LogP contribution in [-0.2, 0) is 4.74 Å². The molecule has 1 aromatic carbocycles. The Hall–Kier alpha value is -0.960. The van der Waals surface area contributed by atoms with Gasteiger partial charge in [-0.3, -0.25) is 0 Å². The van der Waals surface area contributed by atoms with Crippen LogP contribution in [-0.4, -0.2) is 12.1 Å². The third-order valence-corrected chi connectivity index (χ3v) is 1.86. The van der Waals surface area contributed by atoms with Crippen molar-refractivity contribution in [3.05, 3.63) is 29.8 Å². The van der Waals surface area contributed by atoms with Gasteiger partial charge in [0.25, 0.3) is 0 Å². The van der Waals surface area contributed by atoms with Crippen molar-refractivity contribution in [1.82, 2.24) is 0 Å². The van der Waals surface area contributed by atoms with E-state index in [4.69, 9.17) is 4.74 Å². The molecule has 0 saturated carbocycles. The lowest BCUT2D eigenvalue weighted by Gasteiger charge is -2.08. The molecule has 2 nitrogen and oxygen atoms in total. The van der Waals surface area contributed by atoms with Gasteiger partial charge in [-0.05, 0) is 26.0 Å². The van der Waals surface area contributed by atoms with Crippen LogP contribution in [0.25, 0.3) is 0 Å². The summed E-state index contributed by atoms with van der Waals surface area (Å²) in [5.41, 5.74) is 0.513. The molecule has 0 atom stereocenters. The van der Waals surface area contributed by atoms with E-state index in [1.54, 1.807) is 18.2 Å². The Kier molecular flexibility index (Phi) is 3.37. The molecule has 0 aliphatic heterocycles. The smallest absolute Gasteiger partial charge is 0.339 e. The molecule has 1 rings (SSSR count). The summed E-state index contributed by atoms with van der Waals surface area (Å²) in [4.78, 5) is 12.1. The molecule has 1 aromatic rings. The van der Waals surface area contributed by atoms with Crippen molar-refractivity contribution in [2.24, 2.45) is 0 Å². The van der Waals surface area contributed by atoms with Gasteiger partial charge in [0.2, 0.25) is 0 Å². The second-order valence-electron chi connectivity index (χ2n) is 2.97. The molecule has 0 spiro atoms. The first-order valence-electron chi connectivity index (χ1n) is 4.10. The molecular weight excluding hydrogens is 184 g/mol. The summed E-state index contributed by atoms with van der Waals surface area (Å²) in [6.07, 6.45) is -0.0968. The van der Waals surface area contributed by atoms with Crippen molar-refractivity contribution in [3.8, 4) is 0 Å². The SMILES string of the molecule is CC(C)OC(=O)c1ccccc1S. The van der Waals surface area contributed by atoms with Gasteiger partial charge in [-0.1, -0.05) is 12.1 Å². The number of hydrogen-bond acceptors (Lipinski definition) is 3. The highest BCUT2D eigenvalue weighted by Gasteiger charge is 2.10. The average Bonchev–Trinajstić information content (AvgIpc) is 2.03. The second-order valence-corrected chi connectivity index (χ2v) is 3.45. The minimum atomic E-state index is -0.319. The van der Waals surface area contributed by atoms with Crippen LogP contribution in [0.4, 0.5) is 0 Å². The Labute approximate surface area is 83.3 Å². The maximum absolute atomic E-state index is 11.4. The first-order chi connectivity index (χ1) is 6.11. The Morgan fingerprint density at radius 2 is 2.00 bits per heavy atom. The molecule has 3 heteroatoms. The van der Waals surface area contributed by atoms with E-state index >= 15 is 0 Å². The van der Waals surface area contributed by atoms with E-state index in [1.807, 2.05) is 19.9 Å².